The van der Waals surface area contributed by atoms with E-state index in [0.29, 0.717) is 23.2 Å². The third-order valence-electron chi connectivity index (χ3n) is 3.38. The molecule has 0 bridgehead atoms. The largest absolute Gasteiger partial charge is 0.330 e. The zero-order valence-corrected chi connectivity index (χ0v) is 9.77. The van der Waals surface area contributed by atoms with Crippen molar-refractivity contribution in [1.29, 1.82) is 0 Å². The first-order valence-corrected chi connectivity index (χ1v) is 6.30. The fourth-order valence-electron chi connectivity index (χ4n) is 2.29. The first-order chi connectivity index (χ1) is 7.68. The van der Waals surface area contributed by atoms with Gasteiger partial charge in [-0.05, 0) is 24.5 Å². The molecule has 0 amide bonds. The summed E-state index contributed by atoms with van der Waals surface area (Å²) in [6.45, 7) is 0.549. The first-order valence-electron chi connectivity index (χ1n) is 5.42. The Kier molecular flexibility index (Phi) is 3.50. The minimum Gasteiger partial charge on any atom is -0.330 e. The van der Waals surface area contributed by atoms with Crippen LogP contribution in [0.15, 0.2) is 29.2 Å². The molecule has 1 nitrogen and oxygen atoms in total. The van der Waals surface area contributed by atoms with Crippen LogP contribution in [0, 0.1) is 0 Å². The number of benzene rings is 1. The van der Waals surface area contributed by atoms with Crippen molar-refractivity contribution in [1.82, 2.24) is 0 Å². The highest BCUT2D eigenvalue weighted by Gasteiger charge is 2.39. The predicted molar refractivity (Wildman–Crippen MR) is 62.9 cm³/mol. The van der Waals surface area contributed by atoms with Gasteiger partial charge < -0.3 is 5.73 Å². The van der Waals surface area contributed by atoms with Crippen LogP contribution in [0.2, 0.25) is 0 Å². The van der Waals surface area contributed by atoms with Crippen LogP contribution in [0.1, 0.15) is 24.8 Å². The molecule has 0 atom stereocenters. The number of hydrogen-bond donors (Lipinski definition) is 1. The lowest BCUT2D eigenvalue weighted by atomic mass is 9.64. The third-order valence-corrected chi connectivity index (χ3v) is 4.16. The monoisotopic (exact) mass is 243 g/mol. The molecule has 0 radical (unpaired) electrons. The zero-order valence-electron chi connectivity index (χ0n) is 8.96. The van der Waals surface area contributed by atoms with E-state index in [4.69, 9.17) is 5.73 Å². The van der Waals surface area contributed by atoms with Gasteiger partial charge in [0, 0.05) is 16.9 Å². The van der Waals surface area contributed by atoms with Crippen LogP contribution in [0.3, 0.4) is 0 Å². The van der Waals surface area contributed by atoms with Crippen molar-refractivity contribution in [2.45, 2.75) is 35.3 Å². The van der Waals surface area contributed by atoms with Crippen LogP contribution in [0.5, 0.6) is 0 Å². The summed E-state index contributed by atoms with van der Waals surface area (Å²) in [4.78, 5) is 0.683. The summed E-state index contributed by atoms with van der Waals surface area (Å²) >= 11 is 0.628. The fourth-order valence-corrected chi connectivity index (χ4v) is 3.05. The van der Waals surface area contributed by atoms with E-state index in [1.807, 2.05) is 12.1 Å². The second kappa shape index (κ2) is 4.72. The molecule has 1 fully saturated rings. The van der Waals surface area contributed by atoms with E-state index in [0.717, 1.165) is 24.8 Å². The molecule has 0 unspecified atom stereocenters. The molecule has 2 N–H and O–H groups in total. The summed E-state index contributed by atoms with van der Waals surface area (Å²) < 4.78 is 24.9. The van der Waals surface area contributed by atoms with E-state index >= 15 is 0 Å². The van der Waals surface area contributed by atoms with Crippen LogP contribution in [-0.4, -0.2) is 12.3 Å². The maximum Gasteiger partial charge on any atom is 0.288 e. The number of alkyl halides is 2. The Bertz CT molecular complexity index is 358. The topological polar surface area (TPSA) is 26.0 Å². The smallest absolute Gasteiger partial charge is 0.288 e. The second-order valence-electron chi connectivity index (χ2n) is 4.21. The molecule has 1 aliphatic carbocycles. The Hall–Kier alpha value is -0.610. The molecule has 4 heteroatoms. The molecule has 0 spiro atoms. The van der Waals surface area contributed by atoms with E-state index in [-0.39, 0.29) is 5.41 Å². The Morgan fingerprint density at radius 1 is 1.31 bits per heavy atom. The average Bonchev–Trinajstić information content (AvgIpc) is 2.19. The van der Waals surface area contributed by atoms with Gasteiger partial charge in [0.15, 0.2) is 0 Å². The fraction of sp³-hybridized carbons (Fsp3) is 0.500. The minimum atomic E-state index is -2.36. The highest BCUT2D eigenvalue weighted by Crippen LogP contribution is 2.46. The van der Waals surface area contributed by atoms with Gasteiger partial charge in [0.05, 0.1) is 0 Å². The summed E-state index contributed by atoms with van der Waals surface area (Å²) in [5, 5.41) is 0. The lowest BCUT2D eigenvalue weighted by Crippen LogP contribution is -2.41. The van der Waals surface area contributed by atoms with E-state index < -0.39 is 5.76 Å². The first kappa shape index (κ1) is 11.9. The molecule has 1 saturated carbocycles. The van der Waals surface area contributed by atoms with Gasteiger partial charge in [0.25, 0.3) is 5.76 Å². The van der Waals surface area contributed by atoms with Crippen molar-refractivity contribution in [2.75, 3.05) is 6.54 Å². The molecule has 1 aromatic rings. The number of halogens is 2. The predicted octanol–water partition coefficient (Wildman–Crippen LogP) is 3.38. The molecule has 0 saturated heterocycles. The SMILES string of the molecule is NCC1(c2ccccc2SC(F)F)CCC1. The van der Waals surface area contributed by atoms with Crippen molar-refractivity contribution in [3.05, 3.63) is 29.8 Å². The lowest BCUT2D eigenvalue weighted by molar-refractivity contribution is 0.244. The van der Waals surface area contributed by atoms with Gasteiger partial charge in [0.1, 0.15) is 0 Å². The quantitative estimate of drug-likeness (QED) is 0.820. The Morgan fingerprint density at radius 2 is 2.00 bits per heavy atom. The van der Waals surface area contributed by atoms with E-state index in [9.17, 15) is 8.78 Å². The summed E-state index contributed by atoms with van der Waals surface area (Å²) in [5.74, 6) is -2.36. The highest BCUT2D eigenvalue weighted by molar-refractivity contribution is 7.99. The lowest BCUT2D eigenvalue weighted by Gasteiger charge is -2.42. The van der Waals surface area contributed by atoms with E-state index in [1.165, 1.54) is 0 Å². The number of rotatable bonds is 4. The van der Waals surface area contributed by atoms with Gasteiger partial charge in [-0.1, -0.05) is 36.4 Å². The molecule has 0 aromatic heterocycles. The van der Waals surface area contributed by atoms with Crippen molar-refractivity contribution in [3.8, 4) is 0 Å². The van der Waals surface area contributed by atoms with Crippen molar-refractivity contribution in [3.63, 3.8) is 0 Å². The Morgan fingerprint density at radius 3 is 2.50 bits per heavy atom. The van der Waals surface area contributed by atoms with Gasteiger partial charge in [-0.2, -0.15) is 8.78 Å². The Balaban J connectivity index is 2.32. The van der Waals surface area contributed by atoms with Gasteiger partial charge in [0.2, 0.25) is 0 Å². The Labute approximate surface area is 98.4 Å². The summed E-state index contributed by atoms with van der Waals surface area (Å²) in [5.41, 5.74) is 6.77. The standard InChI is InChI=1S/C12H15F2NS/c13-11(14)16-10-5-2-1-4-9(10)12(8-15)6-3-7-12/h1-2,4-5,11H,3,6-8,15H2. The molecule has 88 valence electrons. The molecular weight excluding hydrogens is 228 g/mol. The van der Waals surface area contributed by atoms with Crippen molar-refractivity contribution >= 4 is 11.8 Å². The van der Waals surface area contributed by atoms with Gasteiger partial charge in [-0.25, -0.2) is 0 Å². The van der Waals surface area contributed by atoms with Crippen LogP contribution in [0.4, 0.5) is 8.78 Å². The van der Waals surface area contributed by atoms with Crippen LogP contribution in [0.25, 0.3) is 0 Å². The molecule has 0 heterocycles. The molecule has 1 aliphatic rings. The average molecular weight is 243 g/mol. The molecule has 16 heavy (non-hydrogen) atoms. The van der Waals surface area contributed by atoms with Crippen molar-refractivity contribution < 1.29 is 8.78 Å². The van der Waals surface area contributed by atoms with Crippen LogP contribution < -0.4 is 5.73 Å². The van der Waals surface area contributed by atoms with Gasteiger partial charge in [-0.15, -0.1) is 0 Å². The summed E-state index contributed by atoms with van der Waals surface area (Å²) in [7, 11) is 0. The number of thioether (sulfide) groups is 1. The van der Waals surface area contributed by atoms with Crippen LogP contribution in [-0.2, 0) is 5.41 Å². The maximum absolute atomic E-state index is 12.4. The van der Waals surface area contributed by atoms with E-state index in [1.54, 1.807) is 12.1 Å². The van der Waals surface area contributed by atoms with Gasteiger partial charge in [-0.3, -0.25) is 0 Å². The number of hydrogen-bond acceptors (Lipinski definition) is 2. The summed E-state index contributed by atoms with van der Waals surface area (Å²) in [6, 6.07) is 7.41. The van der Waals surface area contributed by atoms with Crippen LogP contribution >= 0.6 is 11.8 Å². The third kappa shape index (κ3) is 2.09. The second-order valence-corrected chi connectivity index (χ2v) is 5.24. The van der Waals surface area contributed by atoms with Gasteiger partial charge >= 0.3 is 0 Å². The normalized spacial score (nSPS) is 18.5. The van der Waals surface area contributed by atoms with E-state index in [2.05, 4.69) is 0 Å². The molecular formula is C12H15F2NS. The minimum absolute atomic E-state index is 0.0432. The molecule has 0 aliphatic heterocycles. The zero-order chi connectivity index (χ0) is 11.6. The highest BCUT2D eigenvalue weighted by atomic mass is 32.2. The summed E-state index contributed by atoms with van der Waals surface area (Å²) in [6.07, 6.45) is 3.18. The van der Waals surface area contributed by atoms with Crippen molar-refractivity contribution in [2.24, 2.45) is 5.73 Å². The maximum atomic E-state index is 12.4. The molecule has 2 rings (SSSR count). The molecule has 1 aromatic carbocycles. The number of nitrogens with two attached hydrogens (primary N) is 1.